The molecule has 0 spiro atoms. The number of aromatic nitrogens is 3. The molecule has 1 aromatic carbocycles. The van der Waals surface area contributed by atoms with Crippen molar-refractivity contribution in [3.63, 3.8) is 0 Å². The highest BCUT2D eigenvalue weighted by atomic mass is 19.1. The van der Waals surface area contributed by atoms with E-state index >= 15 is 0 Å². The van der Waals surface area contributed by atoms with Gasteiger partial charge in [-0.25, -0.2) is 14.4 Å². The maximum absolute atomic E-state index is 13.5. The van der Waals surface area contributed by atoms with Crippen LogP contribution in [0.1, 0.15) is 16.1 Å². The topological polar surface area (TPSA) is 90.9 Å². The molecule has 3 aromatic rings. The lowest BCUT2D eigenvalue weighted by Crippen LogP contribution is -2.23. The van der Waals surface area contributed by atoms with Gasteiger partial charge >= 0.3 is 0 Å². The van der Waals surface area contributed by atoms with E-state index in [4.69, 9.17) is 5.11 Å². The number of aromatic amines is 1. The van der Waals surface area contributed by atoms with E-state index in [0.717, 1.165) is 11.5 Å². The predicted octanol–water partition coefficient (Wildman–Crippen LogP) is 1.73. The number of carbonyl (C=O) groups excluding carboxylic acids is 1. The first-order chi connectivity index (χ1) is 10.1. The first-order valence-corrected chi connectivity index (χ1v) is 6.18. The van der Waals surface area contributed by atoms with Crippen LogP contribution in [0.25, 0.3) is 11.0 Å². The Labute approximate surface area is 118 Å². The fourth-order valence-electron chi connectivity index (χ4n) is 1.94. The van der Waals surface area contributed by atoms with Crippen molar-refractivity contribution in [3.05, 3.63) is 53.9 Å². The second-order valence-electron chi connectivity index (χ2n) is 4.47. The number of amides is 1. The number of hydrogen-bond acceptors (Lipinski definition) is 4. The Hall–Kier alpha value is -2.96. The Morgan fingerprint density at radius 1 is 1.38 bits per heavy atom. The lowest BCUT2D eigenvalue weighted by molar-refractivity contribution is 0.0946. The van der Waals surface area contributed by atoms with Crippen LogP contribution in [0.4, 0.5) is 4.39 Å². The number of benzene rings is 1. The minimum Gasteiger partial charge on any atom is -0.508 e. The highest BCUT2D eigenvalue weighted by Crippen LogP contribution is 2.15. The molecule has 1 amide bonds. The Morgan fingerprint density at radius 2 is 2.24 bits per heavy atom. The lowest BCUT2D eigenvalue weighted by atomic mass is 10.2. The lowest BCUT2D eigenvalue weighted by Gasteiger charge is -2.05. The van der Waals surface area contributed by atoms with Crippen molar-refractivity contribution >= 4 is 16.9 Å². The smallest absolute Gasteiger partial charge is 0.268 e. The Balaban J connectivity index is 1.74. The molecule has 0 radical (unpaired) electrons. The number of aromatic hydroxyl groups is 1. The SMILES string of the molecule is O=C(NCc1ccc(O)cc1F)c1cc2cncnc2[nH]1. The first-order valence-electron chi connectivity index (χ1n) is 6.18. The molecule has 21 heavy (non-hydrogen) atoms. The summed E-state index contributed by atoms with van der Waals surface area (Å²) in [5.74, 6) is -1.10. The number of H-pyrrole nitrogens is 1. The van der Waals surface area contributed by atoms with E-state index in [1.165, 1.54) is 18.5 Å². The van der Waals surface area contributed by atoms with Gasteiger partial charge in [0.1, 0.15) is 29.2 Å². The van der Waals surface area contributed by atoms with Crippen LogP contribution < -0.4 is 5.32 Å². The van der Waals surface area contributed by atoms with Gasteiger partial charge in [0, 0.05) is 29.8 Å². The number of phenolic OH excluding ortho intramolecular Hbond substituents is 1. The van der Waals surface area contributed by atoms with Crippen molar-refractivity contribution in [3.8, 4) is 5.75 Å². The molecule has 0 atom stereocenters. The first kappa shape index (κ1) is 13.0. The van der Waals surface area contributed by atoms with E-state index in [1.807, 2.05) is 0 Å². The molecule has 0 fully saturated rings. The average Bonchev–Trinajstić information content (AvgIpc) is 2.90. The number of rotatable bonds is 3. The number of phenols is 1. The van der Waals surface area contributed by atoms with Gasteiger partial charge in [0.2, 0.25) is 0 Å². The highest BCUT2D eigenvalue weighted by Gasteiger charge is 2.11. The fourth-order valence-corrected chi connectivity index (χ4v) is 1.94. The largest absolute Gasteiger partial charge is 0.508 e. The van der Waals surface area contributed by atoms with E-state index in [9.17, 15) is 9.18 Å². The van der Waals surface area contributed by atoms with Gasteiger partial charge in [-0.3, -0.25) is 4.79 Å². The summed E-state index contributed by atoms with van der Waals surface area (Å²) >= 11 is 0. The second kappa shape index (κ2) is 5.20. The summed E-state index contributed by atoms with van der Waals surface area (Å²) in [6.07, 6.45) is 2.97. The zero-order valence-electron chi connectivity index (χ0n) is 10.8. The number of halogens is 1. The maximum Gasteiger partial charge on any atom is 0.268 e. The summed E-state index contributed by atoms with van der Waals surface area (Å²) in [5.41, 5.74) is 1.17. The van der Waals surface area contributed by atoms with E-state index in [2.05, 4.69) is 20.3 Å². The summed E-state index contributed by atoms with van der Waals surface area (Å²) in [4.78, 5) is 22.7. The van der Waals surface area contributed by atoms with Crippen LogP contribution in [0, 0.1) is 5.82 Å². The second-order valence-corrected chi connectivity index (χ2v) is 4.47. The van der Waals surface area contributed by atoms with E-state index in [1.54, 1.807) is 12.3 Å². The Morgan fingerprint density at radius 3 is 3.00 bits per heavy atom. The third-order valence-electron chi connectivity index (χ3n) is 3.01. The van der Waals surface area contributed by atoms with Crippen LogP contribution in [-0.4, -0.2) is 26.0 Å². The minimum absolute atomic E-state index is 0.0198. The zero-order valence-corrected chi connectivity index (χ0v) is 10.8. The van der Waals surface area contributed by atoms with Crippen molar-refractivity contribution in [1.82, 2.24) is 20.3 Å². The molecular weight excluding hydrogens is 275 g/mol. The van der Waals surface area contributed by atoms with Gasteiger partial charge in [-0.1, -0.05) is 6.07 Å². The molecule has 3 rings (SSSR count). The van der Waals surface area contributed by atoms with Crippen LogP contribution in [0.3, 0.4) is 0 Å². The zero-order chi connectivity index (χ0) is 14.8. The molecule has 3 N–H and O–H groups in total. The molecular formula is C14H11FN4O2. The van der Waals surface area contributed by atoms with Gasteiger partial charge < -0.3 is 15.4 Å². The van der Waals surface area contributed by atoms with Gasteiger partial charge in [-0.05, 0) is 12.1 Å². The van der Waals surface area contributed by atoms with E-state index in [-0.39, 0.29) is 23.8 Å². The van der Waals surface area contributed by atoms with Gasteiger partial charge in [0.15, 0.2) is 0 Å². The molecule has 0 aliphatic rings. The number of nitrogens with zero attached hydrogens (tertiary/aromatic N) is 2. The van der Waals surface area contributed by atoms with Crippen molar-refractivity contribution in [2.45, 2.75) is 6.54 Å². The average molecular weight is 286 g/mol. The van der Waals surface area contributed by atoms with E-state index in [0.29, 0.717) is 11.3 Å². The van der Waals surface area contributed by atoms with Gasteiger partial charge in [-0.15, -0.1) is 0 Å². The van der Waals surface area contributed by atoms with Gasteiger partial charge in [-0.2, -0.15) is 0 Å². The normalized spacial score (nSPS) is 10.7. The standard InChI is InChI=1S/C14H11FN4O2/c15-11-4-10(20)2-1-8(11)6-17-14(21)12-3-9-5-16-7-18-13(9)19-12/h1-5,7,20H,6H2,(H,17,21)(H,16,18,19). The molecule has 0 unspecified atom stereocenters. The molecule has 106 valence electrons. The van der Waals surface area contributed by atoms with Crippen LogP contribution >= 0.6 is 0 Å². The molecule has 0 saturated carbocycles. The van der Waals surface area contributed by atoms with Crippen molar-refractivity contribution < 1.29 is 14.3 Å². The van der Waals surface area contributed by atoms with Crippen molar-refractivity contribution in [2.75, 3.05) is 0 Å². The summed E-state index contributed by atoms with van der Waals surface area (Å²) in [6.45, 7) is 0.0198. The predicted molar refractivity (Wildman–Crippen MR) is 73.1 cm³/mol. The molecule has 0 saturated heterocycles. The maximum atomic E-state index is 13.5. The monoisotopic (exact) mass is 286 g/mol. The van der Waals surface area contributed by atoms with Gasteiger partial charge in [0.25, 0.3) is 5.91 Å². The summed E-state index contributed by atoms with van der Waals surface area (Å²) < 4.78 is 13.5. The molecule has 0 aliphatic heterocycles. The quantitative estimate of drug-likeness (QED) is 0.684. The number of carbonyl (C=O) groups is 1. The summed E-state index contributed by atoms with van der Waals surface area (Å²) in [5, 5.41) is 12.4. The molecule has 0 bridgehead atoms. The van der Waals surface area contributed by atoms with Crippen LogP contribution in [0.15, 0.2) is 36.8 Å². The summed E-state index contributed by atoms with van der Waals surface area (Å²) in [7, 11) is 0. The molecule has 0 aliphatic carbocycles. The fraction of sp³-hybridized carbons (Fsp3) is 0.0714. The minimum atomic E-state index is -0.571. The molecule has 2 heterocycles. The van der Waals surface area contributed by atoms with Crippen molar-refractivity contribution in [1.29, 1.82) is 0 Å². The van der Waals surface area contributed by atoms with Crippen LogP contribution in [0.5, 0.6) is 5.75 Å². The third kappa shape index (κ3) is 2.66. The Kier molecular flexibility index (Phi) is 3.23. The number of nitrogens with one attached hydrogen (secondary N) is 2. The third-order valence-corrected chi connectivity index (χ3v) is 3.01. The van der Waals surface area contributed by atoms with Crippen LogP contribution in [0.2, 0.25) is 0 Å². The highest BCUT2D eigenvalue weighted by molar-refractivity contribution is 5.96. The molecule has 2 aromatic heterocycles. The van der Waals surface area contributed by atoms with Crippen LogP contribution in [-0.2, 0) is 6.54 Å². The van der Waals surface area contributed by atoms with E-state index < -0.39 is 5.82 Å². The summed E-state index contributed by atoms with van der Waals surface area (Å²) in [6, 6.07) is 5.41. The van der Waals surface area contributed by atoms with Crippen molar-refractivity contribution in [2.24, 2.45) is 0 Å². The Bertz CT molecular complexity index is 783. The molecule has 6 nitrogen and oxygen atoms in total. The molecule has 7 heteroatoms. The number of fused-ring (bicyclic) bond motifs is 1. The van der Waals surface area contributed by atoms with Gasteiger partial charge in [0.05, 0.1) is 0 Å². The number of hydrogen-bond donors (Lipinski definition) is 3.